The smallest absolute Gasteiger partial charge is 0.225 e. The Kier molecular flexibility index (Phi) is 5.03. The van der Waals surface area contributed by atoms with Gasteiger partial charge in [-0.1, -0.05) is 18.2 Å². The first-order valence-electron chi connectivity index (χ1n) is 9.60. The summed E-state index contributed by atoms with van der Waals surface area (Å²) in [4.78, 5) is 16.3. The van der Waals surface area contributed by atoms with Crippen LogP contribution in [-0.2, 0) is 24.3 Å². The molecule has 2 aliphatic rings. The van der Waals surface area contributed by atoms with Gasteiger partial charge in [-0.2, -0.15) is 0 Å². The third-order valence-electron chi connectivity index (χ3n) is 5.71. The van der Waals surface area contributed by atoms with Crippen LogP contribution in [0.15, 0.2) is 42.5 Å². The van der Waals surface area contributed by atoms with Crippen LogP contribution in [0.25, 0.3) is 0 Å². The molecule has 142 valence electrons. The van der Waals surface area contributed by atoms with Crippen molar-refractivity contribution in [1.82, 2.24) is 10.2 Å². The Labute approximate surface area is 160 Å². The molecule has 2 aromatic carbocycles. The summed E-state index contributed by atoms with van der Waals surface area (Å²) in [7, 11) is 3.43. The van der Waals surface area contributed by atoms with Gasteiger partial charge in [0.1, 0.15) is 5.75 Å². The molecule has 2 aromatic rings. The molecule has 0 aliphatic carbocycles. The number of anilines is 1. The van der Waals surface area contributed by atoms with Crippen LogP contribution in [0.2, 0.25) is 0 Å². The number of benzene rings is 2. The Bertz CT molecular complexity index is 813. The van der Waals surface area contributed by atoms with Crippen molar-refractivity contribution in [2.75, 3.05) is 38.7 Å². The minimum absolute atomic E-state index is 0.152. The van der Waals surface area contributed by atoms with Crippen LogP contribution >= 0.6 is 0 Å². The number of likely N-dealkylation sites (tertiary alicyclic amines) is 1. The fourth-order valence-electron chi connectivity index (χ4n) is 4.02. The highest BCUT2D eigenvalue weighted by Crippen LogP contribution is 2.28. The van der Waals surface area contributed by atoms with E-state index in [0.717, 1.165) is 44.9 Å². The summed E-state index contributed by atoms with van der Waals surface area (Å²) in [6.07, 6.45) is 1.07. The summed E-state index contributed by atoms with van der Waals surface area (Å²) in [5, 5.41) is 2.73. The zero-order chi connectivity index (χ0) is 18.8. The number of ether oxygens (including phenoxy) is 1. The average molecular weight is 365 g/mol. The number of rotatable bonds is 5. The number of nitrogens with one attached hydrogen (secondary N) is 1. The van der Waals surface area contributed by atoms with Crippen molar-refractivity contribution in [2.45, 2.75) is 19.5 Å². The lowest BCUT2D eigenvalue weighted by atomic mass is 9.98. The molecule has 0 atom stereocenters. The van der Waals surface area contributed by atoms with E-state index < -0.39 is 0 Å². The molecular weight excluding hydrogens is 338 g/mol. The summed E-state index contributed by atoms with van der Waals surface area (Å²) in [5.74, 6) is 1.24. The van der Waals surface area contributed by atoms with Gasteiger partial charge >= 0.3 is 0 Å². The predicted octanol–water partition coefficient (Wildman–Crippen LogP) is 2.44. The van der Waals surface area contributed by atoms with E-state index in [0.29, 0.717) is 0 Å². The normalized spacial score (nSPS) is 17.2. The molecule has 27 heavy (non-hydrogen) atoms. The lowest BCUT2D eigenvalue weighted by Crippen LogP contribution is -2.52. The number of hydrogen-bond acceptors (Lipinski definition) is 4. The molecule has 2 aliphatic heterocycles. The van der Waals surface area contributed by atoms with Gasteiger partial charge in [0.2, 0.25) is 5.91 Å². The van der Waals surface area contributed by atoms with Gasteiger partial charge < -0.3 is 15.0 Å². The lowest BCUT2D eigenvalue weighted by molar-refractivity contribution is -0.129. The monoisotopic (exact) mass is 365 g/mol. The topological polar surface area (TPSA) is 44.8 Å². The number of carbonyl (C=O) groups excluding carboxylic acids is 1. The molecule has 5 heteroatoms. The van der Waals surface area contributed by atoms with Gasteiger partial charge in [-0.25, -0.2) is 0 Å². The SMILES string of the molecule is CNC(=O)C1CN(Cc2ccc(N3CCc4ccc(OC)cc4C3)cc2)C1. The summed E-state index contributed by atoms with van der Waals surface area (Å²) in [5.41, 5.74) is 5.34. The maximum absolute atomic E-state index is 11.6. The Balaban J connectivity index is 1.36. The maximum Gasteiger partial charge on any atom is 0.225 e. The van der Waals surface area contributed by atoms with Crippen molar-refractivity contribution >= 4 is 11.6 Å². The Morgan fingerprint density at radius 3 is 2.63 bits per heavy atom. The molecule has 1 N–H and O–H groups in total. The largest absolute Gasteiger partial charge is 0.497 e. The number of methoxy groups -OCH3 is 1. The Morgan fingerprint density at radius 2 is 1.93 bits per heavy atom. The fourth-order valence-corrected chi connectivity index (χ4v) is 4.02. The molecule has 0 saturated carbocycles. The standard InChI is InChI=1S/C22H27N3O2/c1-23-22(26)19-13-24(14-19)12-16-3-6-20(7-4-16)25-10-9-17-5-8-21(27-2)11-18(17)15-25/h3-8,11,19H,9-10,12-15H2,1-2H3,(H,23,26). The molecular formula is C22H27N3O2. The van der Waals surface area contributed by atoms with E-state index in [2.05, 4.69) is 51.5 Å². The highest BCUT2D eigenvalue weighted by Gasteiger charge is 2.31. The summed E-state index contributed by atoms with van der Waals surface area (Å²) < 4.78 is 5.37. The third kappa shape index (κ3) is 3.78. The maximum atomic E-state index is 11.6. The fraction of sp³-hybridized carbons (Fsp3) is 0.409. The zero-order valence-corrected chi connectivity index (χ0v) is 16.1. The summed E-state index contributed by atoms with van der Waals surface area (Å²) >= 11 is 0. The predicted molar refractivity (Wildman–Crippen MR) is 107 cm³/mol. The van der Waals surface area contributed by atoms with Crippen LogP contribution in [0.3, 0.4) is 0 Å². The lowest BCUT2D eigenvalue weighted by Gasteiger charge is -2.38. The third-order valence-corrected chi connectivity index (χ3v) is 5.71. The van der Waals surface area contributed by atoms with E-state index in [1.807, 2.05) is 6.07 Å². The average Bonchev–Trinajstić information content (AvgIpc) is 2.69. The first-order chi connectivity index (χ1) is 13.2. The van der Waals surface area contributed by atoms with Crippen LogP contribution in [0.1, 0.15) is 16.7 Å². The van der Waals surface area contributed by atoms with Crippen molar-refractivity contribution in [3.8, 4) is 5.75 Å². The van der Waals surface area contributed by atoms with Crippen molar-refractivity contribution < 1.29 is 9.53 Å². The molecule has 1 saturated heterocycles. The van der Waals surface area contributed by atoms with Crippen LogP contribution in [0.4, 0.5) is 5.69 Å². The zero-order valence-electron chi connectivity index (χ0n) is 16.1. The summed E-state index contributed by atoms with van der Waals surface area (Å²) in [6.45, 7) is 4.58. The number of amides is 1. The van der Waals surface area contributed by atoms with E-state index >= 15 is 0 Å². The van der Waals surface area contributed by atoms with Gasteiger partial charge in [0, 0.05) is 45.5 Å². The number of hydrogen-bond donors (Lipinski definition) is 1. The minimum Gasteiger partial charge on any atom is -0.497 e. The highest BCUT2D eigenvalue weighted by atomic mass is 16.5. The molecule has 4 rings (SSSR count). The van der Waals surface area contributed by atoms with Crippen molar-refractivity contribution in [1.29, 1.82) is 0 Å². The van der Waals surface area contributed by atoms with Gasteiger partial charge in [-0.3, -0.25) is 9.69 Å². The van der Waals surface area contributed by atoms with E-state index in [-0.39, 0.29) is 11.8 Å². The molecule has 0 unspecified atom stereocenters. The molecule has 0 spiro atoms. The second kappa shape index (κ2) is 7.61. The first kappa shape index (κ1) is 17.9. The molecule has 2 heterocycles. The summed E-state index contributed by atoms with van der Waals surface area (Å²) in [6, 6.07) is 15.3. The van der Waals surface area contributed by atoms with Gasteiger partial charge in [-0.15, -0.1) is 0 Å². The first-order valence-corrected chi connectivity index (χ1v) is 9.60. The molecule has 1 amide bonds. The van der Waals surface area contributed by atoms with Crippen molar-refractivity contribution in [3.63, 3.8) is 0 Å². The Morgan fingerprint density at radius 1 is 1.15 bits per heavy atom. The van der Waals surface area contributed by atoms with E-state index in [4.69, 9.17) is 4.74 Å². The van der Waals surface area contributed by atoms with Crippen LogP contribution in [-0.4, -0.2) is 44.6 Å². The number of nitrogens with zero attached hydrogens (tertiary/aromatic N) is 2. The van der Waals surface area contributed by atoms with Gasteiger partial charge in [0.15, 0.2) is 0 Å². The number of carbonyl (C=O) groups is 1. The van der Waals surface area contributed by atoms with Gasteiger partial charge in [0.25, 0.3) is 0 Å². The van der Waals surface area contributed by atoms with Crippen molar-refractivity contribution in [3.05, 3.63) is 59.2 Å². The second-order valence-electron chi connectivity index (χ2n) is 7.48. The van der Waals surface area contributed by atoms with E-state index in [1.165, 1.54) is 22.4 Å². The molecule has 1 fully saturated rings. The van der Waals surface area contributed by atoms with Crippen molar-refractivity contribution in [2.24, 2.45) is 5.92 Å². The molecule has 5 nitrogen and oxygen atoms in total. The van der Waals surface area contributed by atoms with E-state index in [9.17, 15) is 4.79 Å². The number of fused-ring (bicyclic) bond motifs is 1. The second-order valence-corrected chi connectivity index (χ2v) is 7.48. The molecule has 0 radical (unpaired) electrons. The minimum atomic E-state index is 0.152. The van der Waals surface area contributed by atoms with Crippen LogP contribution in [0, 0.1) is 5.92 Å². The molecule has 0 aromatic heterocycles. The van der Waals surface area contributed by atoms with E-state index in [1.54, 1.807) is 14.2 Å². The van der Waals surface area contributed by atoms with Crippen LogP contribution < -0.4 is 15.0 Å². The molecule has 0 bridgehead atoms. The quantitative estimate of drug-likeness (QED) is 0.884. The van der Waals surface area contributed by atoms with Gasteiger partial charge in [0.05, 0.1) is 13.0 Å². The Hall–Kier alpha value is -2.53. The highest BCUT2D eigenvalue weighted by molar-refractivity contribution is 5.79. The van der Waals surface area contributed by atoms with Crippen LogP contribution in [0.5, 0.6) is 5.75 Å². The van der Waals surface area contributed by atoms with Gasteiger partial charge in [-0.05, 0) is 47.4 Å².